The number of halogens is 1. The van der Waals surface area contributed by atoms with E-state index in [9.17, 15) is 24.6 Å². The summed E-state index contributed by atoms with van der Waals surface area (Å²) in [6, 6.07) is 17.8. The molecule has 1 amide bonds. The largest absolute Gasteiger partial charge is 0.496 e. The molecule has 0 radical (unpaired) electrons. The van der Waals surface area contributed by atoms with E-state index < -0.39 is 29.9 Å². The Labute approximate surface area is 240 Å². The summed E-state index contributed by atoms with van der Waals surface area (Å²) in [4.78, 5) is 42.5. The molecule has 1 aromatic heterocycles. The van der Waals surface area contributed by atoms with Crippen LogP contribution >= 0.6 is 11.6 Å². The normalized spacial score (nSPS) is 12.3. The number of hydrogen-bond donors (Lipinski definition) is 4. The van der Waals surface area contributed by atoms with Crippen LogP contribution in [0.15, 0.2) is 72.8 Å². The number of amides is 1. The van der Waals surface area contributed by atoms with Gasteiger partial charge in [0.05, 0.1) is 19.7 Å². The molecule has 1 heterocycles. The summed E-state index contributed by atoms with van der Waals surface area (Å²) >= 11 is 6.07. The van der Waals surface area contributed by atoms with Gasteiger partial charge in [0.15, 0.2) is 0 Å². The van der Waals surface area contributed by atoms with Crippen LogP contribution < -0.4 is 20.1 Å². The second kappa shape index (κ2) is 13.0. The Hall–Kier alpha value is -4.83. The van der Waals surface area contributed by atoms with Crippen LogP contribution in [0.1, 0.15) is 21.5 Å². The SMILES string of the molecule is COc1ccccc1CC(NC(=O)C(Cc1ccccc1OC)Nc1nc2ccc(Cl)cc2cc1C(=O)O)C(=O)O. The van der Waals surface area contributed by atoms with Gasteiger partial charge in [-0.2, -0.15) is 0 Å². The minimum Gasteiger partial charge on any atom is -0.496 e. The molecule has 3 aromatic carbocycles. The van der Waals surface area contributed by atoms with E-state index >= 15 is 0 Å². The lowest BCUT2D eigenvalue weighted by molar-refractivity contribution is -0.141. The van der Waals surface area contributed by atoms with Gasteiger partial charge in [-0.25, -0.2) is 14.6 Å². The summed E-state index contributed by atoms with van der Waals surface area (Å²) in [6.07, 6.45) is -0.00192. The van der Waals surface area contributed by atoms with Crippen LogP contribution in [0.4, 0.5) is 5.82 Å². The van der Waals surface area contributed by atoms with E-state index in [1.807, 2.05) is 0 Å². The highest BCUT2D eigenvalue weighted by atomic mass is 35.5. The molecular formula is C30H28ClN3O7. The second-order valence-corrected chi connectivity index (χ2v) is 9.59. The number of carbonyl (C=O) groups is 3. The first-order chi connectivity index (χ1) is 19.7. The Bertz CT molecular complexity index is 1590. The summed E-state index contributed by atoms with van der Waals surface area (Å²) in [5.41, 5.74) is 1.52. The summed E-state index contributed by atoms with van der Waals surface area (Å²) < 4.78 is 10.8. The molecule has 0 aliphatic carbocycles. The molecule has 4 N–H and O–H groups in total. The zero-order chi connectivity index (χ0) is 29.5. The molecule has 10 nitrogen and oxygen atoms in total. The van der Waals surface area contributed by atoms with Gasteiger partial charge in [0, 0.05) is 23.3 Å². The number of hydrogen-bond acceptors (Lipinski definition) is 7. The molecule has 212 valence electrons. The summed E-state index contributed by atoms with van der Waals surface area (Å²) in [7, 11) is 2.97. The number of carbonyl (C=O) groups excluding carboxylic acids is 1. The van der Waals surface area contributed by atoms with E-state index in [4.69, 9.17) is 21.1 Å². The monoisotopic (exact) mass is 577 g/mol. The molecule has 0 aliphatic rings. The molecule has 0 bridgehead atoms. The number of para-hydroxylation sites is 2. The van der Waals surface area contributed by atoms with E-state index in [-0.39, 0.29) is 24.2 Å². The van der Waals surface area contributed by atoms with Crippen LogP contribution in [-0.2, 0) is 22.4 Å². The number of nitrogens with zero attached hydrogens (tertiary/aromatic N) is 1. The highest BCUT2D eigenvalue weighted by Gasteiger charge is 2.29. The van der Waals surface area contributed by atoms with Gasteiger partial charge in [-0.05, 0) is 47.5 Å². The third-order valence-corrected chi connectivity index (χ3v) is 6.72. The number of aliphatic carboxylic acids is 1. The molecule has 4 rings (SSSR count). The van der Waals surface area contributed by atoms with Gasteiger partial charge in [-0.1, -0.05) is 48.0 Å². The number of anilines is 1. The number of aromatic nitrogens is 1. The van der Waals surface area contributed by atoms with Crippen molar-refractivity contribution in [2.45, 2.75) is 24.9 Å². The smallest absolute Gasteiger partial charge is 0.339 e. The van der Waals surface area contributed by atoms with Crippen LogP contribution in [0.2, 0.25) is 5.02 Å². The van der Waals surface area contributed by atoms with Crippen molar-refractivity contribution in [2.24, 2.45) is 0 Å². The van der Waals surface area contributed by atoms with Crippen molar-refractivity contribution in [1.82, 2.24) is 10.3 Å². The minimum atomic E-state index is -1.30. The van der Waals surface area contributed by atoms with Crippen LogP contribution in [0, 0.1) is 0 Å². The van der Waals surface area contributed by atoms with Gasteiger partial charge >= 0.3 is 11.9 Å². The van der Waals surface area contributed by atoms with E-state index in [1.54, 1.807) is 66.7 Å². The van der Waals surface area contributed by atoms with Gasteiger partial charge in [0.2, 0.25) is 5.91 Å². The van der Waals surface area contributed by atoms with Gasteiger partial charge in [-0.3, -0.25) is 4.79 Å². The highest BCUT2D eigenvalue weighted by molar-refractivity contribution is 6.31. The molecule has 2 atom stereocenters. The molecular weight excluding hydrogens is 550 g/mol. The van der Waals surface area contributed by atoms with Crippen LogP contribution in [0.5, 0.6) is 11.5 Å². The number of fused-ring (bicyclic) bond motifs is 1. The predicted molar refractivity (Wildman–Crippen MR) is 154 cm³/mol. The first-order valence-electron chi connectivity index (χ1n) is 12.6. The Morgan fingerprint density at radius 1 is 0.854 bits per heavy atom. The molecule has 0 aliphatic heterocycles. The second-order valence-electron chi connectivity index (χ2n) is 9.15. The number of aromatic carboxylic acids is 1. The average molecular weight is 578 g/mol. The summed E-state index contributed by atoms with van der Waals surface area (Å²) in [5, 5.41) is 26.4. The molecule has 2 unspecified atom stereocenters. The first-order valence-corrected chi connectivity index (χ1v) is 12.9. The zero-order valence-corrected chi connectivity index (χ0v) is 23.0. The first kappa shape index (κ1) is 29.2. The summed E-state index contributed by atoms with van der Waals surface area (Å²) in [6.45, 7) is 0. The number of carboxylic acid groups (broad SMARTS) is 2. The Kier molecular flexibility index (Phi) is 9.26. The quantitative estimate of drug-likeness (QED) is 0.192. The maximum absolute atomic E-state index is 13.7. The topological polar surface area (TPSA) is 147 Å². The average Bonchev–Trinajstić information content (AvgIpc) is 2.96. The molecule has 41 heavy (non-hydrogen) atoms. The maximum Gasteiger partial charge on any atom is 0.339 e. The van der Waals surface area contributed by atoms with Crippen molar-refractivity contribution in [3.05, 3.63) is 94.5 Å². The third-order valence-electron chi connectivity index (χ3n) is 6.48. The number of pyridine rings is 1. The van der Waals surface area contributed by atoms with Crippen molar-refractivity contribution in [3.8, 4) is 11.5 Å². The third kappa shape index (κ3) is 7.03. The van der Waals surface area contributed by atoms with E-state index in [0.717, 1.165) is 0 Å². The molecule has 11 heteroatoms. The molecule has 0 saturated heterocycles. The lowest BCUT2D eigenvalue weighted by Gasteiger charge is -2.24. The van der Waals surface area contributed by atoms with Crippen molar-refractivity contribution in [1.29, 1.82) is 0 Å². The van der Waals surface area contributed by atoms with Gasteiger partial charge in [0.25, 0.3) is 0 Å². The van der Waals surface area contributed by atoms with E-state index in [0.29, 0.717) is 38.6 Å². The van der Waals surface area contributed by atoms with Crippen molar-refractivity contribution < 1.29 is 34.1 Å². The predicted octanol–water partition coefficient (Wildman–Crippen LogP) is 4.44. The standard InChI is InChI=1S/C30H28ClN3O7/c1-40-25-9-5-3-7-17(25)15-23(28(35)34-24(30(38)39)16-18-8-4-6-10-26(18)41-2)33-27-21(29(36)37)14-19-13-20(31)11-12-22(19)32-27/h3-14,23-24H,15-16H2,1-2H3,(H,32,33)(H,34,35)(H,36,37)(H,38,39). The lowest BCUT2D eigenvalue weighted by Crippen LogP contribution is -2.49. The Morgan fingerprint density at radius 3 is 2.00 bits per heavy atom. The van der Waals surface area contributed by atoms with Crippen molar-refractivity contribution >= 4 is 46.2 Å². The highest BCUT2D eigenvalue weighted by Crippen LogP contribution is 2.26. The number of nitrogens with one attached hydrogen (secondary N) is 2. The van der Waals surface area contributed by atoms with Crippen LogP contribution in [-0.4, -0.2) is 59.3 Å². The zero-order valence-electron chi connectivity index (χ0n) is 22.3. The lowest BCUT2D eigenvalue weighted by atomic mass is 10.0. The molecule has 0 spiro atoms. The number of carboxylic acids is 2. The molecule has 4 aromatic rings. The van der Waals surface area contributed by atoms with E-state index in [1.165, 1.54) is 20.3 Å². The van der Waals surface area contributed by atoms with Crippen LogP contribution in [0.25, 0.3) is 10.9 Å². The fourth-order valence-electron chi connectivity index (χ4n) is 4.45. The van der Waals surface area contributed by atoms with Crippen molar-refractivity contribution in [3.63, 3.8) is 0 Å². The fourth-order valence-corrected chi connectivity index (χ4v) is 4.63. The van der Waals surface area contributed by atoms with Gasteiger partial charge < -0.3 is 30.3 Å². The molecule has 0 fully saturated rings. The van der Waals surface area contributed by atoms with E-state index in [2.05, 4.69) is 15.6 Å². The van der Waals surface area contributed by atoms with Crippen molar-refractivity contribution in [2.75, 3.05) is 19.5 Å². The Morgan fingerprint density at radius 2 is 1.44 bits per heavy atom. The fraction of sp³-hybridized carbons (Fsp3) is 0.200. The number of methoxy groups -OCH3 is 2. The molecule has 0 saturated carbocycles. The van der Waals surface area contributed by atoms with Gasteiger partial charge in [-0.15, -0.1) is 0 Å². The van der Waals surface area contributed by atoms with Gasteiger partial charge in [0.1, 0.15) is 35.0 Å². The van der Waals surface area contributed by atoms with Crippen LogP contribution in [0.3, 0.4) is 0 Å². The Balaban J connectivity index is 1.71. The number of benzene rings is 3. The number of rotatable bonds is 12. The summed E-state index contributed by atoms with van der Waals surface area (Å²) in [5.74, 6) is -2.24. The minimum absolute atomic E-state index is 0.0379. The number of ether oxygens (including phenoxy) is 2. The maximum atomic E-state index is 13.7.